The molecule has 9 heteroatoms. The van der Waals surface area contributed by atoms with Gasteiger partial charge >= 0.3 is 6.09 Å². The van der Waals surface area contributed by atoms with Gasteiger partial charge in [0.15, 0.2) is 0 Å². The van der Waals surface area contributed by atoms with Gasteiger partial charge in [-0.1, -0.05) is 32.9 Å². The maximum absolute atomic E-state index is 13.6. The van der Waals surface area contributed by atoms with Crippen LogP contribution in [0.4, 0.5) is 4.79 Å². The molecule has 1 fully saturated rings. The van der Waals surface area contributed by atoms with E-state index in [9.17, 15) is 19.5 Å². The molecule has 9 nitrogen and oxygen atoms in total. The van der Waals surface area contributed by atoms with E-state index in [2.05, 4.69) is 5.32 Å². The zero-order valence-electron chi connectivity index (χ0n) is 19.9. The van der Waals surface area contributed by atoms with Crippen LogP contribution < -0.4 is 15.8 Å². The molecule has 4 N–H and O–H groups in total. The average Bonchev–Trinajstić information content (AvgIpc) is 3.03. The molecule has 32 heavy (non-hydrogen) atoms. The molecule has 1 saturated heterocycles. The molecule has 3 amide bonds. The first kappa shape index (κ1) is 25.5. The first-order chi connectivity index (χ1) is 14.6. The molecule has 0 saturated carbocycles. The highest BCUT2D eigenvalue weighted by Crippen LogP contribution is 2.38. The summed E-state index contributed by atoms with van der Waals surface area (Å²) >= 11 is 0. The van der Waals surface area contributed by atoms with E-state index >= 15 is 0 Å². The molecule has 0 bridgehead atoms. The summed E-state index contributed by atoms with van der Waals surface area (Å²) in [6, 6.07) is 4.77. The van der Waals surface area contributed by atoms with Gasteiger partial charge in [0, 0.05) is 6.42 Å². The SMILES string of the molecule is COc1cccc([C@]2(O)C[C@@H](C(N)=O)N(C(=O)[C@@H](NC(=O)OC(C)(C)C)C(C)(C)C)C2)c1. The Morgan fingerprint density at radius 3 is 2.34 bits per heavy atom. The molecule has 2 rings (SSSR count). The number of β-amino-alcohol motifs (C(OH)–C–C–N with tert-alkyl or cyclic N) is 1. The topological polar surface area (TPSA) is 131 Å². The number of carbonyl (C=O) groups is 3. The van der Waals surface area contributed by atoms with Crippen LogP contribution in [-0.2, 0) is 19.9 Å². The van der Waals surface area contributed by atoms with Crippen LogP contribution in [0.2, 0.25) is 0 Å². The normalized spacial score (nSPS) is 22.2. The molecule has 3 atom stereocenters. The average molecular weight is 450 g/mol. The molecule has 1 aliphatic rings. The number of hydrogen-bond acceptors (Lipinski definition) is 6. The van der Waals surface area contributed by atoms with Crippen molar-refractivity contribution in [1.29, 1.82) is 0 Å². The Labute approximate surface area is 189 Å². The number of rotatable bonds is 5. The van der Waals surface area contributed by atoms with Crippen molar-refractivity contribution < 1.29 is 29.0 Å². The van der Waals surface area contributed by atoms with Gasteiger partial charge in [-0.2, -0.15) is 0 Å². The monoisotopic (exact) mass is 449 g/mol. The number of nitrogens with two attached hydrogens (primary N) is 1. The minimum Gasteiger partial charge on any atom is -0.497 e. The van der Waals surface area contributed by atoms with Gasteiger partial charge in [-0.05, 0) is 43.9 Å². The first-order valence-corrected chi connectivity index (χ1v) is 10.5. The maximum Gasteiger partial charge on any atom is 0.408 e. The Morgan fingerprint density at radius 1 is 1.22 bits per heavy atom. The molecule has 1 aromatic rings. The van der Waals surface area contributed by atoms with Gasteiger partial charge in [-0.3, -0.25) is 9.59 Å². The van der Waals surface area contributed by atoms with E-state index < -0.39 is 46.6 Å². The van der Waals surface area contributed by atoms with Crippen LogP contribution in [0.3, 0.4) is 0 Å². The van der Waals surface area contributed by atoms with Crippen LogP contribution in [0.25, 0.3) is 0 Å². The predicted molar refractivity (Wildman–Crippen MR) is 119 cm³/mol. The van der Waals surface area contributed by atoms with E-state index in [1.165, 1.54) is 12.0 Å². The molecular formula is C23H35N3O6. The van der Waals surface area contributed by atoms with Gasteiger partial charge in [0.25, 0.3) is 0 Å². The summed E-state index contributed by atoms with van der Waals surface area (Å²) in [7, 11) is 1.51. The number of methoxy groups -OCH3 is 1. The Hall–Kier alpha value is -2.81. The number of carbonyl (C=O) groups excluding carboxylic acids is 3. The molecule has 1 aromatic carbocycles. The largest absolute Gasteiger partial charge is 0.497 e. The van der Waals surface area contributed by atoms with E-state index in [0.29, 0.717) is 11.3 Å². The number of nitrogens with zero attached hydrogens (tertiary/aromatic N) is 1. The number of ether oxygens (including phenoxy) is 2. The van der Waals surface area contributed by atoms with E-state index in [1.54, 1.807) is 65.8 Å². The summed E-state index contributed by atoms with van der Waals surface area (Å²) in [6.45, 7) is 10.4. The molecule has 1 heterocycles. The summed E-state index contributed by atoms with van der Waals surface area (Å²) in [6.07, 6.45) is -0.812. The van der Waals surface area contributed by atoms with Crippen molar-refractivity contribution in [2.24, 2.45) is 11.1 Å². The van der Waals surface area contributed by atoms with Crippen LogP contribution in [0.15, 0.2) is 24.3 Å². The highest BCUT2D eigenvalue weighted by Gasteiger charge is 2.51. The number of alkyl carbamates (subject to hydrolysis) is 1. The zero-order valence-corrected chi connectivity index (χ0v) is 19.9. The van der Waals surface area contributed by atoms with Crippen LogP contribution in [0.1, 0.15) is 53.5 Å². The summed E-state index contributed by atoms with van der Waals surface area (Å²) in [4.78, 5) is 39.4. The van der Waals surface area contributed by atoms with Gasteiger partial charge in [0.1, 0.15) is 29.0 Å². The highest BCUT2D eigenvalue weighted by molar-refractivity contribution is 5.92. The molecule has 0 aromatic heterocycles. The summed E-state index contributed by atoms with van der Waals surface area (Å²) in [5.41, 5.74) is 3.15. The molecule has 1 aliphatic heterocycles. The van der Waals surface area contributed by atoms with Crippen molar-refractivity contribution in [2.75, 3.05) is 13.7 Å². The summed E-state index contributed by atoms with van der Waals surface area (Å²) in [5, 5.41) is 14.0. The van der Waals surface area contributed by atoms with Crippen LogP contribution in [0.5, 0.6) is 5.75 Å². The lowest BCUT2D eigenvalue weighted by Crippen LogP contribution is -2.58. The third-order valence-corrected chi connectivity index (χ3v) is 5.33. The third-order valence-electron chi connectivity index (χ3n) is 5.33. The van der Waals surface area contributed by atoms with Crippen molar-refractivity contribution in [3.8, 4) is 5.75 Å². The van der Waals surface area contributed by atoms with Crippen LogP contribution >= 0.6 is 0 Å². The van der Waals surface area contributed by atoms with Crippen molar-refractivity contribution in [2.45, 2.75) is 71.2 Å². The second-order valence-corrected chi connectivity index (χ2v) is 10.3. The second kappa shape index (κ2) is 8.97. The second-order valence-electron chi connectivity index (χ2n) is 10.3. The van der Waals surface area contributed by atoms with Crippen LogP contribution in [0, 0.1) is 5.41 Å². The van der Waals surface area contributed by atoms with Crippen molar-refractivity contribution in [1.82, 2.24) is 10.2 Å². The molecule has 178 valence electrons. The minimum atomic E-state index is -1.50. The lowest BCUT2D eigenvalue weighted by Gasteiger charge is -2.35. The van der Waals surface area contributed by atoms with Crippen LogP contribution in [-0.4, -0.2) is 59.3 Å². The number of amides is 3. The fraction of sp³-hybridized carbons (Fsp3) is 0.609. The van der Waals surface area contributed by atoms with E-state index in [1.807, 2.05) is 0 Å². The first-order valence-electron chi connectivity index (χ1n) is 10.5. The van der Waals surface area contributed by atoms with Gasteiger partial charge in [0.2, 0.25) is 11.8 Å². The third kappa shape index (κ3) is 5.91. The minimum absolute atomic E-state index is 0.0649. The molecule has 0 unspecified atom stereocenters. The van der Waals surface area contributed by atoms with Gasteiger partial charge in [-0.15, -0.1) is 0 Å². The number of benzene rings is 1. The lowest BCUT2D eigenvalue weighted by atomic mass is 9.85. The number of nitrogens with one attached hydrogen (secondary N) is 1. The Balaban J connectivity index is 2.37. The van der Waals surface area contributed by atoms with Crippen molar-refractivity contribution >= 4 is 17.9 Å². The number of primary amides is 1. The van der Waals surface area contributed by atoms with Crippen molar-refractivity contribution in [3.63, 3.8) is 0 Å². The van der Waals surface area contributed by atoms with Gasteiger partial charge in [0.05, 0.1) is 13.7 Å². The smallest absolute Gasteiger partial charge is 0.408 e. The Morgan fingerprint density at radius 2 is 1.84 bits per heavy atom. The molecule has 0 radical (unpaired) electrons. The maximum atomic E-state index is 13.6. The zero-order chi connectivity index (χ0) is 24.5. The summed E-state index contributed by atoms with van der Waals surface area (Å²) in [5.74, 6) is -0.719. The quantitative estimate of drug-likeness (QED) is 0.629. The summed E-state index contributed by atoms with van der Waals surface area (Å²) < 4.78 is 10.5. The number of likely N-dealkylation sites (tertiary alicyclic amines) is 1. The fourth-order valence-electron chi connectivity index (χ4n) is 3.73. The molecule has 0 spiro atoms. The van der Waals surface area contributed by atoms with Gasteiger partial charge < -0.3 is 30.5 Å². The fourth-order valence-corrected chi connectivity index (χ4v) is 3.73. The predicted octanol–water partition coefficient (Wildman–Crippen LogP) is 1.91. The molecular weight excluding hydrogens is 414 g/mol. The number of hydrogen-bond donors (Lipinski definition) is 3. The molecule has 0 aliphatic carbocycles. The van der Waals surface area contributed by atoms with E-state index in [4.69, 9.17) is 15.2 Å². The van der Waals surface area contributed by atoms with E-state index in [0.717, 1.165) is 0 Å². The number of aliphatic hydroxyl groups is 1. The van der Waals surface area contributed by atoms with E-state index in [-0.39, 0.29) is 13.0 Å². The standard InChI is InChI=1S/C23H35N3O6/c1-21(2,3)17(25-20(29)32-22(4,5)6)19(28)26-13-23(30,12-16(26)18(24)27)14-9-8-10-15(11-14)31-7/h8-11,16-17,30H,12-13H2,1-7H3,(H2,24,27)(H,25,29)/t16-,17+,23-/m0/s1. The Bertz CT molecular complexity index is 873. The van der Waals surface area contributed by atoms with Crippen molar-refractivity contribution in [3.05, 3.63) is 29.8 Å². The highest BCUT2D eigenvalue weighted by atomic mass is 16.6. The lowest BCUT2D eigenvalue weighted by molar-refractivity contribution is -0.141. The van der Waals surface area contributed by atoms with Gasteiger partial charge in [-0.25, -0.2) is 4.79 Å². The Kier molecular flexibility index (Phi) is 7.14.